The van der Waals surface area contributed by atoms with Gasteiger partial charge in [0.25, 0.3) is 0 Å². The lowest BCUT2D eigenvalue weighted by Crippen LogP contribution is -2.22. The molecule has 0 aliphatic carbocycles. The minimum absolute atomic E-state index is 0.0216. The Balaban J connectivity index is 1.82. The second-order valence-electron chi connectivity index (χ2n) is 6.83. The van der Waals surface area contributed by atoms with Crippen LogP contribution in [0.25, 0.3) is 0 Å². The van der Waals surface area contributed by atoms with Gasteiger partial charge in [-0.25, -0.2) is 8.42 Å². The Morgan fingerprint density at radius 3 is 2.27 bits per heavy atom. The molecule has 30 heavy (non-hydrogen) atoms. The van der Waals surface area contributed by atoms with Gasteiger partial charge in [0.05, 0.1) is 27.0 Å². The largest absolute Gasteiger partial charge is 0.376 e. The van der Waals surface area contributed by atoms with Gasteiger partial charge in [-0.2, -0.15) is 0 Å². The first kappa shape index (κ1) is 21.9. The van der Waals surface area contributed by atoms with Crippen molar-refractivity contribution in [2.45, 2.75) is 30.1 Å². The molecule has 0 unspecified atom stereocenters. The number of para-hydroxylation sites is 1. The third-order valence-corrected chi connectivity index (χ3v) is 6.88. The molecule has 156 valence electrons. The van der Waals surface area contributed by atoms with Crippen molar-refractivity contribution in [3.8, 4) is 0 Å². The molecule has 0 atom stereocenters. The summed E-state index contributed by atoms with van der Waals surface area (Å²) in [4.78, 5) is 12.8. The number of amides is 1. The number of benzene rings is 3. The molecule has 0 aliphatic rings. The Labute approximate surface area is 182 Å². The normalized spacial score (nSPS) is 11.2. The van der Waals surface area contributed by atoms with E-state index < -0.39 is 9.84 Å². The van der Waals surface area contributed by atoms with E-state index in [4.69, 9.17) is 11.6 Å². The minimum atomic E-state index is -3.67. The van der Waals surface area contributed by atoms with E-state index >= 15 is 0 Å². The molecular weight excluding hydrogens is 420 g/mol. The number of hydrogen-bond donors (Lipinski definition) is 2. The lowest BCUT2D eigenvalue weighted by molar-refractivity contribution is -0.114. The Morgan fingerprint density at radius 2 is 1.60 bits per heavy atom. The first-order chi connectivity index (χ1) is 14.3. The van der Waals surface area contributed by atoms with E-state index in [1.54, 1.807) is 66.7 Å². The zero-order valence-electron chi connectivity index (χ0n) is 16.8. The van der Waals surface area contributed by atoms with Gasteiger partial charge in [-0.3, -0.25) is 4.79 Å². The van der Waals surface area contributed by atoms with Crippen LogP contribution in [0.4, 0.5) is 11.4 Å². The third kappa shape index (κ3) is 4.83. The van der Waals surface area contributed by atoms with Crippen LogP contribution >= 0.6 is 11.6 Å². The van der Waals surface area contributed by atoms with Crippen molar-refractivity contribution < 1.29 is 13.2 Å². The third-order valence-electron chi connectivity index (χ3n) is 4.69. The number of halogens is 1. The SMILES string of the molecule is CCc1c(NCC(=O)Nc2ccccc2Cl)cccc1S(=O)(=O)c1ccc(C)cc1. The van der Waals surface area contributed by atoms with Crippen LogP contribution in [0, 0.1) is 6.92 Å². The minimum Gasteiger partial charge on any atom is -0.376 e. The molecule has 5 nitrogen and oxygen atoms in total. The van der Waals surface area contributed by atoms with Gasteiger partial charge in [-0.1, -0.05) is 54.4 Å². The van der Waals surface area contributed by atoms with Crippen LogP contribution < -0.4 is 10.6 Å². The quantitative estimate of drug-likeness (QED) is 0.534. The van der Waals surface area contributed by atoms with Crippen molar-refractivity contribution >= 4 is 38.7 Å². The molecule has 0 spiro atoms. The molecule has 2 N–H and O–H groups in total. The molecule has 0 bridgehead atoms. The zero-order chi connectivity index (χ0) is 21.7. The highest BCUT2D eigenvalue weighted by Crippen LogP contribution is 2.29. The predicted molar refractivity (Wildman–Crippen MR) is 121 cm³/mol. The fraction of sp³-hybridized carbons (Fsp3) is 0.174. The van der Waals surface area contributed by atoms with Crippen LogP contribution in [0.1, 0.15) is 18.1 Å². The molecule has 3 aromatic rings. The van der Waals surface area contributed by atoms with E-state index in [1.165, 1.54) is 0 Å². The van der Waals surface area contributed by atoms with Crippen molar-refractivity contribution in [1.82, 2.24) is 0 Å². The average Bonchev–Trinajstić information content (AvgIpc) is 2.74. The summed E-state index contributed by atoms with van der Waals surface area (Å²) in [5.74, 6) is -0.281. The second kappa shape index (κ2) is 9.32. The Kier molecular flexibility index (Phi) is 6.80. The Bertz CT molecular complexity index is 1160. The van der Waals surface area contributed by atoms with Crippen LogP contribution in [-0.2, 0) is 21.1 Å². The van der Waals surface area contributed by atoms with E-state index in [1.807, 2.05) is 13.8 Å². The maximum Gasteiger partial charge on any atom is 0.243 e. The number of rotatable bonds is 7. The highest BCUT2D eigenvalue weighted by molar-refractivity contribution is 7.91. The Hall–Kier alpha value is -2.83. The summed E-state index contributed by atoms with van der Waals surface area (Å²) in [6, 6.07) is 18.8. The number of carbonyl (C=O) groups excluding carboxylic acids is 1. The van der Waals surface area contributed by atoms with Crippen LogP contribution in [0.3, 0.4) is 0 Å². The first-order valence-corrected chi connectivity index (χ1v) is 11.4. The van der Waals surface area contributed by atoms with Gasteiger partial charge in [0.15, 0.2) is 0 Å². The van der Waals surface area contributed by atoms with E-state index in [0.717, 1.165) is 5.56 Å². The average molecular weight is 443 g/mol. The van der Waals surface area contributed by atoms with Gasteiger partial charge in [0.2, 0.25) is 15.7 Å². The molecule has 0 aliphatic heterocycles. The lowest BCUT2D eigenvalue weighted by atomic mass is 10.1. The van der Waals surface area contributed by atoms with Crippen molar-refractivity contribution in [1.29, 1.82) is 0 Å². The van der Waals surface area contributed by atoms with E-state index in [0.29, 0.717) is 28.4 Å². The maximum absolute atomic E-state index is 13.2. The first-order valence-electron chi connectivity index (χ1n) is 9.55. The number of anilines is 2. The summed E-state index contributed by atoms with van der Waals surface area (Å²) in [7, 11) is -3.67. The zero-order valence-corrected chi connectivity index (χ0v) is 18.3. The highest BCUT2D eigenvalue weighted by Gasteiger charge is 2.22. The van der Waals surface area contributed by atoms with Crippen LogP contribution in [-0.4, -0.2) is 20.9 Å². The summed E-state index contributed by atoms with van der Waals surface area (Å²) < 4.78 is 26.3. The van der Waals surface area contributed by atoms with Crippen LogP contribution in [0.5, 0.6) is 0 Å². The fourth-order valence-corrected chi connectivity index (χ4v) is 4.89. The molecule has 1 amide bonds. The summed E-state index contributed by atoms with van der Waals surface area (Å²) in [6.45, 7) is 3.77. The molecule has 0 aromatic heterocycles. The predicted octanol–water partition coefficient (Wildman–Crippen LogP) is 5.09. The number of hydrogen-bond acceptors (Lipinski definition) is 4. The van der Waals surface area contributed by atoms with Gasteiger partial charge in [0.1, 0.15) is 0 Å². The monoisotopic (exact) mass is 442 g/mol. The van der Waals surface area contributed by atoms with Gasteiger partial charge in [-0.05, 0) is 55.3 Å². The van der Waals surface area contributed by atoms with Gasteiger partial charge >= 0.3 is 0 Å². The van der Waals surface area contributed by atoms with Gasteiger partial charge in [-0.15, -0.1) is 0 Å². The molecule has 3 aromatic carbocycles. The van der Waals surface area contributed by atoms with Crippen LogP contribution in [0.2, 0.25) is 5.02 Å². The second-order valence-corrected chi connectivity index (χ2v) is 9.16. The van der Waals surface area contributed by atoms with Gasteiger partial charge < -0.3 is 10.6 Å². The molecule has 7 heteroatoms. The smallest absolute Gasteiger partial charge is 0.243 e. The van der Waals surface area contributed by atoms with Crippen molar-refractivity contribution in [3.63, 3.8) is 0 Å². The molecular formula is C23H23ClN2O3S. The summed E-state index contributed by atoms with van der Waals surface area (Å²) in [6.07, 6.45) is 0.496. The topological polar surface area (TPSA) is 75.3 Å². The Morgan fingerprint density at radius 1 is 0.933 bits per heavy atom. The maximum atomic E-state index is 13.2. The standard InChI is InChI=1S/C23H23ClN2O3S/c1-3-18-20(25-15-23(27)26-21-8-5-4-7-19(21)24)9-6-10-22(18)30(28,29)17-13-11-16(2)12-14-17/h4-14,25H,3,15H2,1-2H3,(H,26,27). The lowest BCUT2D eigenvalue weighted by Gasteiger charge is -2.16. The highest BCUT2D eigenvalue weighted by atomic mass is 35.5. The fourth-order valence-electron chi connectivity index (χ4n) is 3.12. The van der Waals surface area contributed by atoms with E-state index in [9.17, 15) is 13.2 Å². The van der Waals surface area contributed by atoms with Crippen molar-refractivity contribution in [2.24, 2.45) is 0 Å². The van der Waals surface area contributed by atoms with Crippen LogP contribution in [0.15, 0.2) is 76.5 Å². The molecule has 0 radical (unpaired) electrons. The van der Waals surface area contributed by atoms with Crippen molar-refractivity contribution in [3.05, 3.63) is 82.9 Å². The summed E-state index contributed by atoms with van der Waals surface area (Å²) in [5, 5.41) is 6.25. The number of aryl methyl sites for hydroxylation is 1. The summed E-state index contributed by atoms with van der Waals surface area (Å²) in [5.41, 5.74) is 2.77. The molecule has 0 saturated heterocycles. The van der Waals surface area contributed by atoms with Crippen molar-refractivity contribution in [2.75, 3.05) is 17.2 Å². The molecule has 0 heterocycles. The number of sulfone groups is 1. The molecule has 0 fully saturated rings. The molecule has 0 saturated carbocycles. The number of nitrogens with one attached hydrogen (secondary N) is 2. The summed E-state index contributed by atoms with van der Waals surface area (Å²) >= 11 is 6.07. The van der Waals surface area contributed by atoms with E-state index in [2.05, 4.69) is 10.6 Å². The number of carbonyl (C=O) groups is 1. The van der Waals surface area contributed by atoms with Gasteiger partial charge in [0, 0.05) is 5.69 Å². The van der Waals surface area contributed by atoms with E-state index in [-0.39, 0.29) is 22.2 Å². The molecule has 3 rings (SSSR count).